The third kappa shape index (κ3) is 2.97. The van der Waals surface area contributed by atoms with Gasteiger partial charge in [0.25, 0.3) is 5.56 Å². The number of imidazole rings is 1. The monoisotopic (exact) mass is 379 g/mol. The van der Waals surface area contributed by atoms with Crippen molar-refractivity contribution in [3.63, 3.8) is 0 Å². The van der Waals surface area contributed by atoms with Crippen LogP contribution in [0.15, 0.2) is 33.9 Å². The number of nitriles is 1. The summed E-state index contributed by atoms with van der Waals surface area (Å²) in [7, 11) is 1.58. The van der Waals surface area contributed by atoms with E-state index in [1.54, 1.807) is 23.7 Å². The summed E-state index contributed by atoms with van der Waals surface area (Å²) in [5.41, 5.74) is 7.08. The molecule has 0 saturated carbocycles. The third-order valence-corrected chi connectivity index (χ3v) is 5.19. The number of hydrogen-bond acceptors (Lipinski definition) is 6. The number of piperidine rings is 1. The lowest BCUT2D eigenvalue weighted by atomic mass is 10.1. The van der Waals surface area contributed by atoms with Crippen LogP contribution in [0.1, 0.15) is 24.0 Å². The van der Waals surface area contributed by atoms with Crippen LogP contribution >= 0.6 is 0 Å². The minimum Gasteiger partial charge on any atom is -0.341 e. The first-order valence-electron chi connectivity index (χ1n) is 9.17. The molecule has 1 saturated heterocycles. The number of H-pyrrole nitrogens is 1. The fraction of sp³-hybridized carbons (Fsp3) is 0.368. The van der Waals surface area contributed by atoms with Crippen molar-refractivity contribution in [3.8, 4) is 6.07 Å². The number of benzene rings is 1. The summed E-state index contributed by atoms with van der Waals surface area (Å²) in [4.78, 5) is 33.7. The number of nitrogens with zero attached hydrogens (tertiary/aromatic N) is 5. The van der Waals surface area contributed by atoms with Gasteiger partial charge in [0.15, 0.2) is 11.2 Å². The predicted molar refractivity (Wildman–Crippen MR) is 105 cm³/mol. The number of aromatic nitrogens is 4. The Morgan fingerprint density at radius 2 is 2.14 bits per heavy atom. The molecule has 1 aliphatic rings. The standard InChI is InChI=1S/C19H21N7O2/c1-24-16-15(17(27)23-19(24)28)26(10-13-6-3-2-5-12(13)9-20)18(22-16)25-8-4-7-14(21)11-25/h2-3,5-6,14H,4,7-8,10-11,21H2,1H3,(H,23,27,28). The van der Waals surface area contributed by atoms with Crippen LogP contribution in [0.4, 0.5) is 5.95 Å². The van der Waals surface area contributed by atoms with Crippen LogP contribution in [0.5, 0.6) is 0 Å². The molecule has 0 spiro atoms. The molecule has 9 nitrogen and oxygen atoms in total. The molecule has 1 aliphatic heterocycles. The summed E-state index contributed by atoms with van der Waals surface area (Å²) in [6, 6.07) is 9.46. The van der Waals surface area contributed by atoms with Crippen LogP contribution < -0.4 is 21.9 Å². The van der Waals surface area contributed by atoms with Crippen LogP contribution in [-0.4, -0.2) is 38.2 Å². The molecule has 3 aromatic rings. The Labute approximate surface area is 160 Å². The van der Waals surface area contributed by atoms with Gasteiger partial charge in [0.1, 0.15) is 0 Å². The summed E-state index contributed by atoms with van der Waals surface area (Å²) in [6.45, 7) is 1.68. The van der Waals surface area contributed by atoms with Crippen molar-refractivity contribution in [1.29, 1.82) is 5.26 Å². The lowest BCUT2D eigenvalue weighted by Crippen LogP contribution is -2.44. The second-order valence-corrected chi connectivity index (χ2v) is 7.11. The van der Waals surface area contributed by atoms with E-state index in [-0.39, 0.29) is 6.04 Å². The second-order valence-electron chi connectivity index (χ2n) is 7.11. The van der Waals surface area contributed by atoms with Crippen LogP contribution in [0.3, 0.4) is 0 Å². The Morgan fingerprint density at radius 1 is 1.36 bits per heavy atom. The van der Waals surface area contributed by atoms with Gasteiger partial charge >= 0.3 is 5.69 Å². The van der Waals surface area contributed by atoms with E-state index < -0.39 is 11.2 Å². The van der Waals surface area contributed by atoms with Crippen LogP contribution in [0.25, 0.3) is 11.2 Å². The highest BCUT2D eigenvalue weighted by atomic mass is 16.2. The molecule has 1 atom stereocenters. The van der Waals surface area contributed by atoms with E-state index in [0.29, 0.717) is 35.8 Å². The van der Waals surface area contributed by atoms with Crippen molar-refractivity contribution in [2.45, 2.75) is 25.4 Å². The number of nitrogens with one attached hydrogen (secondary N) is 1. The lowest BCUT2D eigenvalue weighted by Gasteiger charge is -2.31. The van der Waals surface area contributed by atoms with Crippen molar-refractivity contribution in [2.24, 2.45) is 12.8 Å². The summed E-state index contributed by atoms with van der Waals surface area (Å²) in [5, 5.41) is 9.43. The number of fused-ring (bicyclic) bond motifs is 1. The number of rotatable bonds is 3. The van der Waals surface area contributed by atoms with Crippen molar-refractivity contribution < 1.29 is 0 Å². The maximum atomic E-state index is 12.6. The molecule has 0 bridgehead atoms. The minimum absolute atomic E-state index is 0.0236. The first kappa shape index (κ1) is 18.0. The molecule has 9 heteroatoms. The molecule has 3 heterocycles. The molecule has 0 radical (unpaired) electrons. The molecule has 2 aromatic heterocycles. The predicted octanol–water partition coefficient (Wildman–Crippen LogP) is 0.271. The van der Waals surface area contributed by atoms with Gasteiger partial charge in [-0.15, -0.1) is 0 Å². The van der Waals surface area contributed by atoms with Crippen molar-refractivity contribution in [1.82, 2.24) is 19.1 Å². The quantitative estimate of drug-likeness (QED) is 0.673. The van der Waals surface area contributed by atoms with E-state index in [9.17, 15) is 14.9 Å². The molecule has 0 aliphatic carbocycles. The third-order valence-electron chi connectivity index (χ3n) is 5.19. The SMILES string of the molecule is Cn1c(=O)[nH]c(=O)c2c1nc(N1CCCC(N)C1)n2Cc1ccccc1C#N. The Kier molecular flexibility index (Phi) is 4.49. The van der Waals surface area contributed by atoms with E-state index >= 15 is 0 Å². The summed E-state index contributed by atoms with van der Waals surface area (Å²) in [6.07, 6.45) is 1.86. The number of aromatic amines is 1. The van der Waals surface area contributed by atoms with Crippen LogP contribution in [0, 0.1) is 11.3 Å². The lowest BCUT2D eigenvalue weighted by molar-refractivity contribution is 0.495. The number of anilines is 1. The van der Waals surface area contributed by atoms with E-state index in [4.69, 9.17) is 5.73 Å². The maximum Gasteiger partial charge on any atom is 0.329 e. The van der Waals surface area contributed by atoms with Gasteiger partial charge in [0.2, 0.25) is 5.95 Å². The molecule has 1 fully saturated rings. The first-order chi connectivity index (χ1) is 13.5. The zero-order chi connectivity index (χ0) is 19.8. The highest BCUT2D eigenvalue weighted by molar-refractivity contribution is 5.74. The number of nitrogens with two attached hydrogens (primary N) is 1. The van der Waals surface area contributed by atoms with Crippen molar-refractivity contribution in [3.05, 3.63) is 56.2 Å². The Hall–Kier alpha value is -3.38. The zero-order valence-corrected chi connectivity index (χ0v) is 15.6. The smallest absolute Gasteiger partial charge is 0.329 e. The fourth-order valence-electron chi connectivity index (χ4n) is 3.74. The summed E-state index contributed by atoms with van der Waals surface area (Å²) < 4.78 is 3.11. The Bertz CT molecular complexity index is 1200. The molecule has 0 amide bonds. The van der Waals surface area contributed by atoms with Gasteiger partial charge in [-0.1, -0.05) is 18.2 Å². The molecule has 3 N–H and O–H groups in total. The average Bonchev–Trinajstić information content (AvgIpc) is 3.06. The normalized spacial score (nSPS) is 17.0. The minimum atomic E-state index is -0.513. The molecular formula is C19H21N7O2. The molecule has 144 valence electrons. The van der Waals surface area contributed by atoms with Crippen molar-refractivity contribution in [2.75, 3.05) is 18.0 Å². The topological polar surface area (TPSA) is 126 Å². The van der Waals surface area contributed by atoms with Crippen LogP contribution in [0.2, 0.25) is 0 Å². The first-order valence-corrected chi connectivity index (χ1v) is 9.17. The van der Waals surface area contributed by atoms with E-state index in [2.05, 4.69) is 16.0 Å². The van der Waals surface area contributed by atoms with Gasteiger partial charge in [0.05, 0.1) is 18.2 Å². The molecule has 1 unspecified atom stereocenters. The van der Waals surface area contributed by atoms with E-state index in [1.807, 2.05) is 17.0 Å². The number of aryl methyl sites for hydroxylation is 1. The van der Waals surface area contributed by atoms with Gasteiger partial charge < -0.3 is 10.6 Å². The van der Waals surface area contributed by atoms with Gasteiger partial charge in [0, 0.05) is 26.2 Å². The molecular weight excluding hydrogens is 358 g/mol. The van der Waals surface area contributed by atoms with E-state index in [0.717, 1.165) is 24.9 Å². The zero-order valence-electron chi connectivity index (χ0n) is 15.6. The van der Waals surface area contributed by atoms with E-state index in [1.165, 1.54) is 4.57 Å². The van der Waals surface area contributed by atoms with Gasteiger partial charge in [-0.2, -0.15) is 10.2 Å². The molecule has 1 aromatic carbocycles. The van der Waals surface area contributed by atoms with Gasteiger partial charge in [-0.05, 0) is 24.5 Å². The number of hydrogen-bond donors (Lipinski definition) is 2. The van der Waals surface area contributed by atoms with Crippen molar-refractivity contribution >= 4 is 17.1 Å². The average molecular weight is 379 g/mol. The molecule has 28 heavy (non-hydrogen) atoms. The Morgan fingerprint density at radius 3 is 2.89 bits per heavy atom. The highest BCUT2D eigenvalue weighted by Crippen LogP contribution is 2.24. The molecule has 4 rings (SSSR count). The largest absolute Gasteiger partial charge is 0.341 e. The summed E-state index contributed by atoms with van der Waals surface area (Å²) in [5.74, 6) is 0.588. The van der Waals surface area contributed by atoms with Gasteiger partial charge in [-0.25, -0.2) is 4.79 Å². The maximum absolute atomic E-state index is 12.6. The van der Waals surface area contributed by atoms with Gasteiger partial charge in [-0.3, -0.25) is 18.9 Å². The fourth-order valence-corrected chi connectivity index (χ4v) is 3.74. The van der Waals surface area contributed by atoms with Crippen LogP contribution in [-0.2, 0) is 13.6 Å². The summed E-state index contributed by atoms with van der Waals surface area (Å²) >= 11 is 0. The highest BCUT2D eigenvalue weighted by Gasteiger charge is 2.25. The second kappa shape index (κ2) is 6.98. The Balaban J connectivity index is 1.95.